The average molecular weight is 383 g/mol. The third-order valence-corrected chi connectivity index (χ3v) is 5.51. The lowest BCUT2D eigenvalue weighted by Gasteiger charge is -2.29. The summed E-state index contributed by atoms with van der Waals surface area (Å²) in [5, 5.41) is 11.1. The van der Waals surface area contributed by atoms with Gasteiger partial charge in [-0.05, 0) is 18.4 Å². The molecular formula is C20H21N3O5. The van der Waals surface area contributed by atoms with Gasteiger partial charge in [0.25, 0.3) is 5.56 Å². The summed E-state index contributed by atoms with van der Waals surface area (Å²) in [4.78, 5) is 38.2. The van der Waals surface area contributed by atoms with Crippen molar-refractivity contribution in [2.75, 3.05) is 7.11 Å². The molecule has 28 heavy (non-hydrogen) atoms. The van der Waals surface area contributed by atoms with Crippen molar-refractivity contribution in [1.82, 2.24) is 13.7 Å². The molecule has 1 aliphatic rings. The van der Waals surface area contributed by atoms with Crippen LogP contribution in [0.15, 0.2) is 39.9 Å². The van der Waals surface area contributed by atoms with Crippen molar-refractivity contribution >= 4 is 16.9 Å². The number of nitrogens with zero attached hydrogens (tertiary/aromatic N) is 3. The van der Waals surface area contributed by atoms with Gasteiger partial charge >= 0.3 is 11.7 Å². The maximum Gasteiger partial charge on any atom is 0.331 e. The minimum absolute atomic E-state index is 0.306. The Bertz CT molecular complexity index is 1200. The van der Waals surface area contributed by atoms with E-state index in [0.29, 0.717) is 35.1 Å². The van der Waals surface area contributed by atoms with Gasteiger partial charge in [-0.2, -0.15) is 0 Å². The minimum Gasteiger partial charge on any atom is -0.467 e. The van der Waals surface area contributed by atoms with Crippen LogP contribution in [-0.4, -0.2) is 31.9 Å². The first-order valence-electron chi connectivity index (χ1n) is 9.03. The van der Waals surface area contributed by atoms with Gasteiger partial charge < -0.3 is 14.4 Å². The van der Waals surface area contributed by atoms with E-state index in [0.717, 1.165) is 10.1 Å². The molecule has 0 amide bonds. The van der Waals surface area contributed by atoms with Gasteiger partial charge in [0, 0.05) is 14.1 Å². The standard InChI is InChI=1S/C20H21N3O5/c1-21-17-14(18(25)22(2)20(21)27)15(11-7-5-4-6-8-11)23-12(19(26)28-3)9-10-13(24)16(17)23/h4-8,12-13,24H,9-10H2,1-3H3. The molecule has 0 radical (unpaired) electrons. The first-order valence-corrected chi connectivity index (χ1v) is 9.03. The van der Waals surface area contributed by atoms with Crippen LogP contribution in [0, 0.1) is 0 Å². The number of ether oxygens (including phenoxy) is 1. The van der Waals surface area contributed by atoms with E-state index in [2.05, 4.69) is 0 Å². The number of benzene rings is 1. The van der Waals surface area contributed by atoms with E-state index in [1.807, 2.05) is 30.3 Å². The second kappa shape index (κ2) is 6.49. The van der Waals surface area contributed by atoms with Gasteiger partial charge in [-0.25, -0.2) is 9.59 Å². The van der Waals surface area contributed by atoms with Crippen LogP contribution in [0.3, 0.4) is 0 Å². The molecule has 3 heterocycles. The number of aromatic nitrogens is 3. The first kappa shape index (κ1) is 18.2. The van der Waals surface area contributed by atoms with Gasteiger partial charge in [0.05, 0.1) is 35.5 Å². The van der Waals surface area contributed by atoms with Crippen LogP contribution in [0.1, 0.15) is 30.7 Å². The number of rotatable bonds is 2. The summed E-state index contributed by atoms with van der Waals surface area (Å²) in [5.74, 6) is -0.451. The molecule has 0 fully saturated rings. The summed E-state index contributed by atoms with van der Waals surface area (Å²) < 4.78 is 9.07. The molecular weight excluding hydrogens is 362 g/mol. The third-order valence-electron chi connectivity index (χ3n) is 5.51. The van der Waals surface area contributed by atoms with Gasteiger partial charge in [0.15, 0.2) is 0 Å². The van der Waals surface area contributed by atoms with Gasteiger partial charge in [-0.3, -0.25) is 13.9 Å². The zero-order valence-corrected chi connectivity index (χ0v) is 15.9. The SMILES string of the molecule is COC(=O)C1CCC(O)c2c3c(c(-c4ccccc4)n21)c(=O)n(C)c(=O)n3C. The van der Waals surface area contributed by atoms with E-state index in [1.54, 1.807) is 11.6 Å². The van der Waals surface area contributed by atoms with Crippen LogP contribution in [0.5, 0.6) is 0 Å². The Balaban J connectivity index is 2.28. The molecule has 8 nitrogen and oxygen atoms in total. The quantitative estimate of drug-likeness (QED) is 0.672. The number of carbonyl (C=O) groups is 1. The summed E-state index contributed by atoms with van der Waals surface area (Å²) in [7, 11) is 4.30. The number of aliphatic hydroxyl groups excluding tert-OH is 1. The molecule has 2 aromatic heterocycles. The number of hydrogen-bond acceptors (Lipinski definition) is 5. The van der Waals surface area contributed by atoms with Crippen LogP contribution in [0.2, 0.25) is 0 Å². The molecule has 0 aliphatic carbocycles. The molecule has 146 valence electrons. The monoisotopic (exact) mass is 383 g/mol. The third kappa shape index (κ3) is 2.37. The van der Waals surface area contributed by atoms with Crippen molar-refractivity contribution in [1.29, 1.82) is 0 Å². The van der Waals surface area contributed by atoms with Crippen LogP contribution in [-0.2, 0) is 23.6 Å². The summed E-state index contributed by atoms with van der Waals surface area (Å²) >= 11 is 0. The minimum atomic E-state index is -0.904. The average Bonchev–Trinajstić information content (AvgIpc) is 3.08. The van der Waals surface area contributed by atoms with Gasteiger partial charge in [0.2, 0.25) is 0 Å². The van der Waals surface area contributed by atoms with E-state index in [-0.39, 0.29) is 0 Å². The molecule has 4 rings (SSSR count). The van der Waals surface area contributed by atoms with E-state index in [1.165, 1.54) is 18.7 Å². The molecule has 1 N–H and O–H groups in total. The Hall–Kier alpha value is -3.13. The Morgan fingerprint density at radius 2 is 1.79 bits per heavy atom. The maximum absolute atomic E-state index is 13.1. The van der Waals surface area contributed by atoms with Crippen molar-refractivity contribution in [3.63, 3.8) is 0 Å². The van der Waals surface area contributed by atoms with Crippen molar-refractivity contribution in [2.45, 2.75) is 25.0 Å². The first-order chi connectivity index (χ1) is 13.4. The Morgan fingerprint density at radius 1 is 1.11 bits per heavy atom. The highest BCUT2D eigenvalue weighted by molar-refractivity contribution is 5.97. The fraction of sp³-hybridized carbons (Fsp3) is 0.350. The highest BCUT2D eigenvalue weighted by atomic mass is 16.5. The number of hydrogen-bond donors (Lipinski definition) is 1. The lowest BCUT2D eigenvalue weighted by molar-refractivity contribution is -0.145. The van der Waals surface area contributed by atoms with E-state index in [4.69, 9.17) is 4.74 Å². The second-order valence-electron chi connectivity index (χ2n) is 7.03. The molecule has 8 heteroatoms. The molecule has 2 atom stereocenters. The van der Waals surface area contributed by atoms with Crippen molar-refractivity contribution in [2.24, 2.45) is 14.1 Å². The highest BCUT2D eigenvalue weighted by Gasteiger charge is 2.38. The number of fused-ring (bicyclic) bond motifs is 3. The highest BCUT2D eigenvalue weighted by Crippen LogP contribution is 2.43. The van der Waals surface area contributed by atoms with Crippen LogP contribution in [0.25, 0.3) is 22.2 Å². The molecule has 3 aromatic rings. The Kier molecular flexibility index (Phi) is 4.23. The molecule has 1 aromatic carbocycles. The number of methoxy groups -OCH3 is 1. The topological polar surface area (TPSA) is 95.5 Å². The molecule has 0 saturated heterocycles. The predicted octanol–water partition coefficient (Wildman–Crippen LogP) is 1.25. The summed E-state index contributed by atoms with van der Waals surface area (Å²) in [5.41, 5.74) is 1.03. The van der Waals surface area contributed by atoms with Crippen LogP contribution in [0.4, 0.5) is 0 Å². The maximum atomic E-state index is 13.1. The Labute approximate surface area is 160 Å². The smallest absolute Gasteiger partial charge is 0.331 e. The normalized spacial score (nSPS) is 18.9. The van der Waals surface area contributed by atoms with Gasteiger partial charge in [-0.1, -0.05) is 30.3 Å². The summed E-state index contributed by atoms with van der Waals surface area (Å²) in [6.07, 6.45) is -0.203. The fourth-order valence-corrected chi connectivity index (χ4v) is 4.17. The predicted molar refractivity (Wildman–Crippen MR) is 103 cm³/mol. The fourth-order valence-electron chi connectivity index (χ4n) is 4.17. The van der Waals surface area contributed by atoms with E-state index < -0.39 is 29.4 Å². The zero-order valence-electron chi connectivity index (χ0n) is 15.9. The van der Waals surface area contributed by atoms with Crippen LogP contribution >= 0.6 is 0 Å². The lowest BCUT2D eigenvalue weighted by atomic mass is 9.99. The lowest BCUT2D eigenvalue weighted by Crippen LogP contribution is -2.37. The number of carbonyl (C=O) groups excluding carboxylic acids is 1. The van der Waals surface area contributed by atoms with Crippen molar-refractivity contribution in [3.05, 3.63) is 56.9 Å². The van der Waals surface area contributed by atoms with Crippen molar-refractivity contribution in [3.8, 4) is 11.3 Å². The summed E-state index contributed by atoms with van der Waals surface area (Å²) in [6, 6.07) is 8.50. The van der Waals surface area contributed by atoms with Crippen LogP contribution < -0.4 is 11.2 Å². The second-order valence-corrected chi connectivity index (χ2v) is 7.03. The van der Waals surface area contributed by atoms with Crippen molar-refractivity contribution < 1.29 is 14.6 Å². The zero-order chi connectivity index (χ0) is 20.2. The molecule has 1 aliphatic heterocycles. The van der Waals surface area contributed by atoms with Gasteiger partial charge in [0.1, 0.15) is 6.04 Å². The Morgan fingerprint density at radius 3 is 2.43 bits per heavy atom. The van der Waals surface area contributed by atoms with Gasteiger partial charge in [-0.15, -0.1) is 0 Å². The van der Waals surface area contributed by atoms with E-state index >= 15 is 0 Å². The molecule has 0 saturated carbocycles. The number of esters is 1. The number of aryl methyl sites for hydroxylation is 1. The molecule has 0 spiro atoms. The molecule has 2 unspecified atom stereocenters. The summed E-state index contributed by atoms with van der Waals surface area (Å²) in [6.45, 7) is 0. The number of aliphatic hydroxyl groups is 1. The van der Waals surface area contributed by atoms with E-state index in [9.17, 15) is 19.5 Å². The molecule has 0 bridgehead atoms. The largest absolute Gasteiger partial charge is 0.467 e.